The average molecular weight is 515 g/mol. The predicted octanol–water partition coefficient (Wildman–Crippen LogP) is 2.71. The van der Waals surface area contributed by atoms with Crippen molar-refractivity contribution in [1.29, 1.82) is 5.26 Å². The van der Waals surface area contributed by atoms with E-state index in [2.05, 4.69) is 4.52 Å². The van der Waals surface area contributed by atoms with Gasteiger partial charge in [0.15, 0.2) is 0 Å². The van der Waals surface area contributed by atoms with Gasteiger partial charge in [-0.3, -0.25) is 0 Å². The summed E-state index contributed by atoms with van der Waals surface area (Å²) in [7, 11) is -8.01. The van der Waals surface area contributed by atoms with Gasteiger partial charge in [0, 0.05) is 23.6 Å². The summed E-state index contributed by atoms with van der Waals surface area (Å²) in [4.78, 5) is 11.2. The summed E-state index contributed by atoms with van der Waals surface area (Å²) in [5.74, 6) is -1.53. The summed E-state index contributed by atoms with van der Waals surface area (Å²) >= 11 is 0.626. The van der Waals surface area contributed by atoms with Crippen molar-refractivity contribution < 1.29 is 35.9 Å². The number of nitrogens with zero attached hydrogens (tertiary/aromatic N) is 1. The Morgan fingerprint density at radius 1 is 1.30 bits per heavy atom. The van der Waals surface area contributed by atoms with Crippen LogP contribution in [0.1, 0.15) is 22.9 Å². The number of nitrogens with one attached hydrogen (secondary N) is 1. The highest BCUT2D eigenvalue weighted by molar-refractivity contribution is 7.91. The van der Waals surface area contributed by atoms with E-state index in [4.69, 9.17) is 15.7 Å². The van der Waals surface area contributed by atoms with Crippen LogP contribution in [0.25, 0.3) is 10.1 Å². The van der Waals surface area contributed by atoms with E-state index in [0.29, 0.717) is 11.3 Å². The van der Waals surface area contributed by atoms with Crippen LogP contribution in [0, 0.1) is 29.9 Å². The topological polar surface area (TPSA) is 155 Å². The lowest BCUT2D eigenvalue weighted by Crippen LogP contribution is -2.29. The van der Waals surface area contributed by atoms with Crippen LogP contribution in [0.2, 0.25) is 0 Å². The number of rotatable bonds is 9. The van der Waals surface area contributed by atoms with Gasteiger partial charge in [0.2, 0.25) is 6.23 Å². The van der Waals surface area contributed by atoms with Gasteiger partial charge in [-0.05, 0) is 35.3 Å². The molecule has 3 N–H and O–H groups in total. The first-order chi connectivity index (χ1) is 15.6. The SMILES string of the molecule is Cc1c(S(=O)(=O)NC(O[P+](=O)[O-])c2ccc(C#N)c(F)c2)sc2c(F)cc(OCCN)cc12. The van der Waals surface area contributed by atoms with E-state index in [9.17, 15) is 26.7 Å². The van der Waals surface area contributed by atoms with Crippen molar-refractivity contribution in [2.45, 2.75) is 17.4 Å². The van der Waals surface area contributed by atoms with Crippen LogP contribution in [0.4, 0.5) is 8.78 Å². The van der Waals surface area contributed by atoms with Crippen LogP contribution in [-0.2, 0) is 19.1 Å². The Hall–Kier alpha value is -2.56. The number of ether oxygens (including phenoxy) is 1. The van der Waals surface area contributed by atoms with E-state index in [1.807, 2.05) is 4.72 Å². The minimum atomic E-state index is -4.46. The molecule has 174 valence electrons. The molecule has 0 bridgehead atoms. The van der Waals surface area contributed by atoms with Crippen molar-refractivity contribution in [3.05, 3.63) is 58.7 Å². The predicted molar refractivity (Wildman–Crippen MR) is 114 cm³/mol. The highest BCUT2D eigenvalue weighted by Crippen LogP contribution is 2.39. The smallest absolute Gasteiger partial charge is 0.490 e. The highest BCUT2D eigenvalue weighted by Gasteiger charge is 2.31. The van der Waals surface area contributed by atoms with E-state index in [1.54, 1.807) is 6.07 Å². The number of sulfonamides is 1. The third kappa shape index (κ3) is 5.51. The molecular formula is C19H16F2N3O6PS2. The summed E-state index contributed by atoms with van der Waals surface area (Å²) in [5, 5.41) is 9.13. The van der Waals surface area contributed by atoms with Crippen LogP contribution in [0.15, 0.2) is 34.5 Å². The molecule has 2 atom stereocenters. The number of halogens is 2. The molecule has 9 nitrogen and oxygen atoms in total. The lowest BCUT2D eigenvalue weighted by molar-refractivity contribution is -0.190. The lowest BCUT2D eigenvalue weighted by Gasteiger charge is -2.15. The van der Waals surface area contributed by atoms with Gasteiger partial charge in [-0.25, -0.2) is 17.2 Å². The van der Waals surface area contributed by atoms with Gasteiger partial charge >= 0.3 is 8.25 Å². The van der Waals surface area contributed by atoms with Crippen LogP contribution in [-0.4, -0.2) is 21.6 Å². The molecule has 0 amide bonds. The monoisotopic (exact) mass is 515 g/mol. The van der Waals surface area contributed by atoms with Gasteiger partial charge in [-0.2, -0.15) is 9.98 Å². The maximum absolute atomic E-state index is 14.6. The molecule has 0 spiro atoms. The van der Waals surface area contributed by atoms with Crippen molar-refractivity contribution in [3.63, 3.8) is 0 Å². The molecule has 0 aliphatic carbocycles. The van der Waals surface area contributed by atoms with Gasteiger partial charge in [0.05, 0.1) is 10.3 Å². The number of nitriles is 1. The van der Waals surface area contributed by atoms with Crippen LogP contribution < -0.4 is 20.1 Å². The summed E-state index contributed by atoms with van der Waals surface area (Å²) in [5.41, 5.74) is 5.04. The van der Waals surface area contributed by atoms with E-state index in [0.717, 1.165) is 24.3 Å². The molecule has 0 aliphatic rings. The Bertz CT molecular complexity index is 1370. The van der Waals surface area contributed by atoms with E-state index in [1.165, 1.54) is 13.0 Å². The second-order valence-corrected chi connectivity index (χ2v) is 10.2. The third-order valence-electron chi connectivity index (χ3n) is 4.42. The molecule has 1 heterocycles. The zero-order chi connectivity index (χ0) is 24.3. The maximum Gasteiger partial charge on any atom is 0.490 e. The standard InChI is InChI=1S/C19H16F2N3O6PS2/c1-10-14-7-13(29-5-4-22)8-16(21)17(14)32-19(10)33(27,28)24-18(30-31(25)26)11-2-3-12(9-23)15(20)6-11/h2-3,6-8,18,24H,4-5,22H2,1H3. The van der Waals surface area contributed by atoms with Gasteiger partial charge in [0.1, 0.15) is 34.3 Å². The molecule has 0 aliphatic heterocycles. The molecule has 2 aromatic carbocycles. The van der Waals surface area contributed by atoms with Crippen LogP contribution >= 0.6 is 19.6 Å². The molecule has 3 aromatic rings. The molecule has 0 fully saturated rings. The first-order valence-corrected chi connectivity index (χ1v) is 12.6. The maximum atomic E-state index is 14.6. The third-order valence-corrected chi connectivity index (χ3v) is 8.14. The van der Waals surface area contributed by atoms with Crippen molar-refractivity contribution in [2.24, 2.45) is 5.73 Å². The number of benzene rings is 2. The Balaban J connectivity index is 2.03. The number of aryl methyl sites for hydroxylation is 1. The molecule has 3 rings (SSSR count). The van der Waals surface area contributed by atoms with Gasteiger partial charge in [0.25, 0.3) is 10.0 Å². The summed E-state index contributed by atoms with van der Waals surface area (Å²) in [6, 6.07) is 7.15. The minimum absolute atomic E-state index is 0.0461. The van der Waals surface area contributed by atoms with Crippen molar-refractivity contribution in [1.82, 2.24) is 4.72 Å². The minimum Gasteiger partial charge on any atom is -0.566 e. The molecule has 2 unspecified atom stereocenters. The zero-order valence-electron chi connectivity index (χ0n) is 16.9. The van der Waals surface area contributed by atoms with E-state index in [-0.39, 0.29) is 49.9 Å². The fourth-order valence-corrected chi connectivity index (χ4v) is 6.23. The number of hydrogen-bond donors (Lipinski definition) is 2. The van der Waals surface area contributed by atoms with Gasteiger partial charge in [-0.15, -0.1) is 15.9 Å². The van der Waals surface area contributed by atoms with E-state index >= 15 is 0 Å². The molecule has 14 heteroatoms. The van der Waals surface area contributed by atoms with Gasteiger partial charge in [-0.1, -0.05) is 6.07 Å². The Kier molecular flexibility index (Phi) is 7.71. The summed E-state index contributed by atoms with van der Waals surface area (Å²) in [6.07, 6.45) is -1.82. The molecule has 33 heavy (non-hydrogen) atoms. The van der Waals surface area contributed by atoms with Crippen LogP contribution in [0.5, 0.6) is 5.75 Å². The fourth-order valence-electron chi connectivity index (χ4n) is 2.96. The fraction of sp³-hybridized carbons (Fsp3) is 0.211. The van der Waals surface area contributed by atoms with Crippen molar-refractivity contribution in [3.8, 4) is 11.8 Å². The molecule has 0 radical (unpaired) electrons. The normalized spacial score (nSPS) is 13.0. The summed E-state index contributed by atoms with van der Waals surface area (Å²) in [6.45, 7) is 1.78. The lowest BCUT2D eigenvalue weighted by atomic mass is 10.1. The molecule has 1 aromatic heterocycles. The Morgan fingerprint density at radius 3 is 2.64 bits per heavy atom. The Morgan fingerprint density at radius 2 is 2.03 bits per heavy atom. The highest BCUT2D eigenvalue weighted by atomic mass is 32.2. The number of thiophene rings is 1. The number of nitrogens with two attached hydrogens (primary N) is 1. The quantitative estimate of drug-likeness (QED) is 0.326. The van der Waals surface area contributed by atoms with Gasteiger partial charge < -0.3 is 15.4 Å². The largest absolute Gasteiger partial charge is 0.566 e. The van der Waals surface area contributed by atoms with Crippen molar-refractivity contribution in [2.75, 3.05) is 13.2 Å². The molecular weight excluding hydrogens is 499 g/mol. The first kappa shape index (κ1) is 25.1. The average Bonchev–Trinajstić information content (AvgIpc) is 3.09. The summed E-state index contributed by atoms with van der Waals surface area (Å²) < 4.78 is 77.6. The number of hydrogen-bond acceptors (Lipinski definition) is 9. The zero-order valence-corrected chi connectivity index (χ0v) is 19.4. The van der Waals surface area contributed by atoms with E-state index < -0.39 is 36.1 Å². The molecule has 0 saturated carbocycles. The first-order valence-electron chi connectivity index (χ1n) is 9.16. The number of fused-ring (bicyclic) bond motifs is 1. The van der Waals surface area contributed by atoms with Crippen molar-refractivity contribution >= 4 is 39.7 Å². The second kappa shape index (κ2) is 10.1. The Labute approximate surface area is 192 Å². The second-order valence-electron chi connectivity index (χ2n) is 6.61. The van der Waals surface area contributed by atoms with Crippen LogP contribution in [0.3, 0.4) is 0 Å². The molecule has 0 saturated heterocycles.